The van der Waals surface area contributed by atoms with Gasteiger partial charge in [-0.1, -0.05) is 330 Å². The minimum atomic E-state index is -4.96. The van der Waals surface area contributed by atoms with Crippen LogP contribution >= 0.6 is 15.6 Å². The molecule has 6 atom stereocenters. The van der Waals surface area contributed by atoms with Crippen LogP contribution in [0.4, 0.5) is 0 Å². The van der Waals surface area contributed by atoms with Gasteiger partial charge in [-0.25, -0.2) is 9.13 Å². The van der Waals surface area contributed by atoms with Crippen molar-refractivity contribution in [2.45, 2.75) is 400 Å². The van der Waals surface area contributed by atoms with Crippen LogP contribution in [0.2, 0.25) is 0 Å². The van der Waals surface area contributed by atoms with Gasteiger partial charge in [-0.05, 0) is 37.5 Å². The predicted octanol–water partition coefficient (Wildman–Crippen LogP) is 21.6. The summed E-state index contributed by atoms with van der Waals surface area (Å²) >= 11 is 0. The smallest absolute Gasteiger partial charge is 0.462 e. The highest BCUT2D eigenvalue weighted by Gasteiger charge is 2.30. The van der Waals surface area contributed by atoms with Gasteiger partial charge in [0, 0.05) is 25.7 Å². The fourth-order valence-electron chi connectivity index (χ4n) is 11.3. The predicted molar refractivity (Wildman–Crippen MR) is 377 cm³/mol. The van der Waals surface area contributed by atoms with Crippen molar-refractivity contribution in [2.24, 2.45) is 11.8 Å². The Bertz CT molecular complexity index is 1810. The molecule has 3 unspecified atom stereocenters. The van der Waals surface area contributed by atoms with Gasteiger partial charge in [0.1, 0.15) is 19.3 Å². The summed E-state index contributed by atoms with van der Waals surface area (Å²) < 4.78 is 68.4. The maximum atomic E-state index is 13.1. The second-order valence-electron chi connectivity index (χ2n) is 27.4. The molecule has 0 amide bonds. The number of unbranched alkanes of at least 4 members (excludes halogenated alkanes) is 42. The van der Waals surface area contributed by atoms with Crippen molar-refractivity contribution in [3.8, 4) is 0 Å². The number of carbonyl (C=O) groups is 4. The van der Waals surface area contributed by atoms with E-state index >= 15 is 0 Å². The van der Waals surface area contributed by atoms with E-state index in [9.17, 15) is 43.2 Å². The summed E-state index contributed by atoms with van der Waals surface area (Å²) in [6.45, 7) is 9.48. The van der Waals surface area contributed by atoms with E-state index in [0.29, 0.717) is 31.6 Å². The van der Waals surface area contributed by atoms with Gasteiger partial charge in [-0.2, -0.15) is 0 Å². The molecule has 0 aliphatic rings. The molecular weight excluding hydrogens is 1220 g/mol. The Morgan fingerprint density at radius 1 is 0.312 bits per heavy atom. The van der Waals surface area contributed by atoms with Crippen molar-refractivity contribution in [2.75, 3.05) is 39.6 Å². The van der Waals surface area contributed by atoms with Gasteiger partial charge in [-0.15, -0.1) is 0 Å². The molecule has 17 nitrogen and oxygen atoms in total. The van der Waals surface area contributed by atoms with Gasteiger partial charge in [0.15, 0.2) is 12.2 Å². The van der Waals surface area contributed by atoms with Crippen molar-refractivity contribution in [1.82, 2.24) is 0 Å². The first-order valence-electron chi connectivity index (χ1n) is 38.5. The highest BCUT2D eigenvalue weighted by atomic mass is 31.2. The van der Waals surface area contributed by atoms with E-state index in [-0.39, 0.29) is 25.7 Å². The van der Waals surface area contributed by atoms with Gasteiger partial charge >= 0.3 is 39.5 Å². The molecule has 3 N–H and O–H groups in total. The maximum Gasteiger partial charge on any atom is 0.472 e. The minimum Gasteiger partial charge on any atom is -0.462 e. The van der Waals surface area contributed by atoms with Crippen molar-refractivity contribution in [3.63, 3.8) is 0 Å². The SMILES string of the molecule is CCCCCCCCCCCCCCCCCCCC(=O)O[C@H](COC(=O)CCCCCCCCCCCCCCCCCC)COP(=O)(O)OC[C@@H](O)COP(=O)(O)OC[C@@H](COC(=O)CCCCCCCCC(C)CC)OC(=O)CCCCCCCCCC(C)C. The molecule has 0 aliphatic carbocycles. The quantitative estimate of drug-likeness (QED) is 0.0222. The summed E-state index contributed by atoms with van der Waals surface area (Å²) in [5, 5.41) is 10.6. The number of carbonyl (C=O) groups excluding carboxylic acids is 4. The second kappa shape index (κ2) is 66.0. The molecule has 0 saturated heterocycles. The average molecular weight is 1370 g/mol. The number of phosphoric acid groups is 2. The van der Waals surface area contributed by atoms with Gasteiger partial charge in [0.25, 0.3) is 0 Å². The molecule has 19 heteroatoms. The number of rotatable bonds is 73. The molecule has 93 heavy (non-hydrogen) atoms. The van der Waals surface area contributed by atoms with Crippen molar-refractivity contribution >= 4 is 39.5 Å². The van der Waals surface area contributed by atoms with E-state index in [1.54, 1.807) is 0 Å². The van der Waals surface area contributed by atoms with Gasteiger partial charge in [-0.3, -0.25) is 37.3 Å². The third-order valence-corrected chi connectivity index (χ3v) is 19.5. The van der Waals surface area contributed by atoms with E-state index in [1.165, 1.54) is 193 Å². The maximum absolute atomic E-state index is 13.1. The number of ether oxygens (including phenoxy) is 4. The molecule has 0 aromatic heterocycles. The van der Waals surface area contributed by atoms with Crippen molar-refractivity contribution in [1.29, 1.82) is 0 Å². The zero-order chi connectivity index (χ0) is 68.6. The average Bonchev–Trinajstić information content (AvgIpc) is 2.29. The molecule has 0 heterocycles. The fourth-order valence-corrected chi connectivity index (χ4v) is 12.8. The van der Waals surface area contributed by atoms with Crippen LogP contribution in [0.1, 0.15) is 382 Å². The minimum absolute atomic E-state index is 0.103. The van der Waals surface area contributed by atoms with Gasteiger partial charge in [0.2, 0.25) is 0 Å². The van der Waals surface area contributed by atoms with E-state index < -0.39 is 97.5 Å². The van der Waals surface area contributed by atoms with E-state index in [1.807, 2.05) is 0 Å². The van der Waals surface area contributed by atoms with E-state index in [4.69, 9.17) is 37.0 Å². The summed E-state index contributed by atoms with van der Waals surface area (Å²) in [6, 6.07) is 0. The fraction of sp³-hybridized carbons (Fsp3) is 0.946. The second-order valence-corrected chi connectivity index (χ2v) is 30.3. The highest BCUT2D eigenvalue weighted by Crippen LogP contribution is 2.45. The Labute approximate surface area is 568 Å². The molecule has 0 fully saturated rings. The summed E-state index contributed by atoms with van der Waals surface area (Å²) in [5.41, 5.74) is 0. The van der Waals surface area contributed by atoms with Gasteiger partial charge < -0.3 is 33.8 Å². The largest absolute Gasteiger partial charge is 0.472 e. The molecule has 0 aromatic rings. The lowest BCUT2D eigenvalue weighted by molar-refractivity contribution is -0.161. The first kappa shape index (κ1) is 91.1. The number of esters is 4. The summed E-state index contributed by atoms with van der Waals surface area (Å²) in [6.07, 6.45) is 52.9. The van der Waals surface area contributed by atoms with E-state index in [2.05, 4.69) is 41.5 Å². The monoisotopic (exact) mass is 1370 g/mol. The van der Waals surface area contributed by atoms with Crippen LogP contribution in [-0.4, -0.2) is 96.7 Å². The Morgan fingerprint density at radius 3 is 0.817 bits per heavy atom. The number of hydrogen-bond acceptors (Lipinski definition) is 15. The summed E-state index contributed by atoms with van der Waals surface area (Å²) in [7, 11) is -9.91. The molecule has 0 aromatic carbocycles. The Kier molecular flexibility index (Phi) is 64.6. The van der Waals surface area contributed by atoms with Crippen LogP contribution < -0.4 is 0 Å². The summed E-state index contributed by atoms with van der Waals surface area (Å²) in [5.74, 6) is -0.695. The van der Waals surface area contributed by atoms with Crippen LogP contribution in [0.3, 0.4) is 0 Å². The number of aliphatic hydroxyl groups is 1. The lowest BCUT2D eigenvalue weighted by Gasteiger charge is -2.21. The number of aliphatic hydroxyl groups excluding tert-OH is 1. The lowest BCUT2D eigenvalue weighted by Crippen LogP contribution is -2.30. The molecule has 0 spiro atoms. The van der Waals surface area contributed by atoms with Crippen molar-refractivity contribution < 1.29 is 80.2 Å². The highest BCUT2D eigenvalue weighted by molar-refractivity contribution is 7.47. The Morgan fingerprint density at radius 2 is 0.548 bits per heavy atom. The third-order valence-electron chi connectivity index (χ3n) is 17.6. The lowest BCUT2D eigenvalue weighted by atomic mass is 10.00. The standard InChI is InChI=1S/C74H144O17P2/c1-7-10-12-14-16-18-20-22-24-26-28-30-32-34-38-46-52-58-73(78)90-69(62-84-71(76)56-50-44-37-33-31-29-27-25-23-21-19-17-15-13-11-8-2)64-88-92(80,81)86-60-68(75)61-87-93(82,83)89-65-70(91-74(79)59-53-47-39-35-36-42-48-54-66(4)5)63-85-72(77)57-51-45-41-40-43-49-55-67(6)9-3/h66-70,75H,7-65H2,1-6H3,(H,80,81)(H,82,83)/t67?,68-,69-,70-/m1/s1. The molecule has 0 aliphatic heterocycles. The van der Waals surface area contributed by atoms with Gasteiger partial charge in [0.05, 0.1) is 26.4 Å². The number of hydrogen-bond donors (Lipinski definition) is 3. The molecule has 0 rings (SSSR count). The molecular formula is C74H144O17P2. The summed E-state index contributed by atoms with van der Waals surface area (Å²) in [4.78, 5) is 72.7. The molecule has 552 valence electrons. The van der Waals surface area contributed by atoms with Crippen molar-refractivity contribution in [3.05, 3.63) is 0 Å². The van der Waals surface area contributed by atoms with Crippen LogP contribution in [0.5, 0.6) is 0 Å². The van der Waals surface area contributed by atoms with Crippen LogP contribution in [0, 0.1) is 11.8 Å². The molecule has 0 bridgehead atoms. The number of phosphoric ester groups is 2. The Balaban J connectivity index is 5.23. The van der Waals surface area contributed by atoms with E-state index in [0.717, 1.165) is 102 Å². The Hall–Kier alpha value is -1.94. The van der Waals surface area contributed by atoms with Crippen LogP contribution in [0.15, 0.2) is 0 Å². The third kappa shape index (κ3) is 67.0. The molecule has 0 radical (unpaired) electrons. The first-order chi connectivity index (χ1) is 44.9. The first-order valence-corrected chi connectivity index (χ1v) is 41.5. The zero-order valence-electron chi connectivity index (χ0n) is 60.6. The van der Waals surface area contributed by atoms with Crippen LogP contribution in [-0.2, 0) is 65.4 Å². The molecule has 0 saturated carbocycles. The zero-order valence-corrected chi connectivity index (χ0v) is 62.3. The van der Waals surface area contributed by atoms with Crippen LogP contribution in [0.25, 0.3) is 0 Å². The normalized spacial score (nSPS) is 14.3. The topological polar surface area (TPSA) is 237 Å².